The number of ether oxygens (including phenoxy) is 1. The summed E-state index contributed by atoms with van der Waals surface area (Å²) in [6.45, 7) is 4.37. The molecule has 8 nitrogen and oxygen atoms in total. The van der Waals surface area contributed by atoms with Crippen molar-refractivity contribution in [3.63, 3.8) is 0 Å². The number of amides is 1. The minimum Gasteiger partial charge on any atom is -0.493 e. The van der Waals surface area contributed by atoms with Crippen molar-refractivity contribution >= 4 is 54.9 Å². The molecule has 228 valence electrons. The smallest absolute Gasteiger partial charge is 0.257 e. The molecule has 4 aromatic rings. The molecule has 0 bridgehead atoms. The van der Waals surface area contributed by atoms with E-state index in [1.807, 2.05) is 43.3 Å². The van der Waals surface area contributed by atoms with Crippen LogP contribution in [0.1, 0.15) is 34.5 Å². The fourth-order valence-corrected chi connectivity index (χ4v) is 7.32. The van der Waals surface area contributed by atoms with Gasteiger partial charge in [0.1, 0.15) is 5.75 Å². The summed E-state index contributed by atoms with van der Waals surface area (Å²) in [5.41, 5.74) is 3.32. The second-order valence-corrected chi connectivity index (χ2v) is 13.4. The molecule has 11 heteroatoms. The molecule has 1 heterocycles. The van der Waals surface area contributed by atoms with Gasteiger partial charge in [0.25, 0.3) is 5.91 Å². The predicted octanol–water partition coefficient (Wildman–Crippen LogP) is 6.07. The van der Waals surface area contributed by atoms with Crippen molar-refractivity contribution in [2.24, 2.45) is 0 Å². The molecule has 0 aliphatic carbocycles. The molecule has 0 radical (unpaired) electrons. The molecule has 0 atom stereocenters. The fourth-order valence-electron chi connectivity index (χ4n) is 5.20. The SMILES string of the molecule is CCOc1ccc(C(=O)NC(=S)Nc2ccc(S(=O)(=O)N3CCN(C(c4ccccc4)c4ccccc4)CC3)cc2)cc1Br. The second kappa shape index (κ2) is 14.4. The van der Waals surface area contributed by atoms with Crippen molar-refractivity contribution in [1.82, 2.24) is 14.5 Å². The first-order valence-electron chi connectivity index (χ1n) is 14.2. The summed E-state index contributed by atoms with van der Waals surface area (Å²) in [5.74, 6) is 0.261. The third kappa shape index (κ3) is 7.54. The lowest BCUT2D eigenvalue weighted by Gasteiger charge is -2.39. The van der Waals surface area contributed by atoms with Gasteiger partial charge < -0.3 is 10.1 Å². The molecule has 5 rings (SSSR count). The Labute approximate surface area is 272 Å². The number of thiocarbonyl (C=S) groups is 1. The van der Waals surface area contributed by atoms with Crippen LogP contribution in [0, 0.1) is 0 Å². The van der Waals surface area contributed by atoms with Gasteiger partial charge in [0.2, 0.25) is 10.0 Å². The number of hydrogen-bond acceptors (Lipinski definition) is 6. The van der Waals surface area contributed by atoms with E-state index in [-0.39, 0.29) is 22.0 Å². The Morgan fingerprint density at radius 1 is 0.886 bits per heavy atom. The van der Waals surface area contributed by atoms with Crippen molar-refractivity contribution < 1.29 is 17.9 Å². The molecular formula is C33H33BrN4O4S2. The van der Waals surface area contributed by atoms with Crippen LogP contribution in [0.5, 0.6) is 5.75 Å². The number of carbonyl (C=O) groups is 1. The van der Waals surface area contributed by atoms with Crippen LogP contribution in [0.2, 0.25) is 0 Å². The van der Waals surface area contributed by atoms with E-state index in [2.05, 4.69) is 55.7 Å². The number of nitrogens with zero attached hydrogens (tertiary/aromatic N) is 2. The lowest BCUT2D eigenvalue weighted by atomic mass is 9.96. The molecule has 1 saturated heterocycles. The van der Waals surface area contributed by atoms with Crippen LogP contribution in [-0.2, 0) is 10.0 Å². The van der Waals surface area contributed by atoms with Crippen LogP contribution in [0.15, 0.2) is 112 Å². The normalized spacial score (nSPS) is 14.2. The maximum absolute atomic E-state index is 13.5. The number of rotatable bonds is 9. The molecule has 0 aromatic heterocycles. The van der Waals surface area contributed by atoms with Gasteiger partial charge in [-0.3, -0.25) is 15.0 Å². The molecule has 0 unspecified atom stereocenters. The molecule has 1 amide bonds. The van der Waals surface area contributed by atoms with Crippen LogP contribution in [-0.4, -0.2) is 61.4 Å². The third-order valence-corrected chi connectivity index (χ3v) is 10.1. The Bertz CT molecular complexity index is 1660. The van der Waals surface area contributed by atoms with E-state index in [0.29, 0.717) is 54.3 Å². The lowest BCUT2D eigenvalue weighted by molar-refractivity contribution is 0.0977. The van der Waals surface area contributed by atoms with E-state index < -0.39 is 10.0 Å². The number of anilines is 1. The summed E-state index contributed by atoms with van der Waals surface area (Å²) < 4.78 is 34.7. The summed E-state index contributed by atoms with van der Waals surface area (Å²) in [4.78, 5) is 15.2. The summed E-state index contributed by atoms with van der Waals surface area (Å²) in [5, 5.41) is 5.69. The number of hydrogen-bond donors (Lipinski definition) is 2. The zero-order chi connectivity index (χ0) is 31.1. The van der Waals surface area contributed by atoms with E-state index >= 15 is 0 Å². The Morgan fingerprint density at radius 3 is 2.02 bits per heavy atom. The predicted molar refractivity (Wildman–Crippen MR) is 180 cm³/mol. The van der Waals surface area contributed by atoms with Gasteiger partial charge in [-0.2, -0.15) is 4.31 Å². The van der Waals surface area contributed by atoms with Gasteiger partial charge in [-0.05, 0) is 88.7 Å². The molecule has 0 spiro atoms. The average Bonchev–Trinajstić information content (AvgIpc) is 3.04. The van der Waals surface area contributed by atoms with Crippen molar-refractivity contribution in [3.8, 4) is 5.75 Å². The van der Waals surface area contributed by atoms with Crippen LogP contribution in [0.25, 0.3) is 0 Å². The monoisotopic (exact) mass is 692 g/mol. The Kier molecular flexibility index (Phi) is 10.4. The number of nitrogens with one attached hydrogen (secondary N) is 2. The zero-order valence-electron chi connectivity index (χ0n) is 24.1. The maximum atomic E-state index is 13.5. The van der Waals surface area contributed by atoms with E-state index in [0.717, 1.165) is 0 Å². The Balaban J connectivity index is 1.19. The third-order valence-electron chi connectivity index (χ3n) is 7.34. The summed E-state index contributed by atoms with van der Waals surface area (Å²) in [6.07, 6.45) is 0. The highest BCUT2D eigenvalue weighted by molar-refractivity contribution is 9.10. The fraction of sp³-hybridized carbons (Fsp3) is 0.212. The van der Waals surface area contributed by atoms with Crippen molar-refractivity contribution in [2.75, 3.05) is 38.1 Å². The zero-order valence-corrected chi connectivity index (χ0v) is 27.4. The number of benzene rings is 4. The van der Waals surface area contributed by atoms with Crippen LogP contribution in [0.3, 0.4) is 0 Å². The van der Waals surface area contributed by atoms with Crippen LogP contribution >= 0.6 is 28.1 Å². The standard InChI is InChI=1S/C33H33BrN4O4S2/c1-2-42-30-18-13-26(23-29(30)34)32(39)36-33(43)35-27-14-16-28(17-15-27)44(40,41)38-21-19-37(20-22-38)31(24-9-5-3-6-10-24)25-11-7-4-8-12-25/h3-18,23,31H,2,19-22H2,1H3,(H2,35,36,39,43). The van der Waals surface area contributed by atoms with E-state index in [4.69, 9.17) is 17.0 Å². The lowest BCUT2D eigenvalue weighted by Crippen LogP contribution is -2.49. The van der Waals surface area contributed by atoms with Gasteiger partial charge in [0.05, 0.1) is 22.0 Å². The highest BCUT2D eigenvalue weighted by Crippen LogP contribution is 2.31. The van der Waals surface area contributed by atoms with Crippen molar-refractivity contribution in [1.29, 1.82) is 0 Å². The minimum atomic E-state index is -3.69. The van der Waals surface area contributed by atoms with Crippen molar-refractivity contribution in [3.05, 3.63) is 124 Å². The second-order valence-electron chi connectivity index (χ2n) is 10.2. The van der Waals surface area contributed by atoms with E-state index in [9.17, 15) is 13.2 Å². The van der Waals surface area contributed by atoms with Gasteiger partial charge in [0, 0.05) is 37.4 Å². The molecule has 2 N–H and O–H groups in total. The Morgan fingerprint density at radius 2 is 1.48 bits per heavy atom. The first kappa shape index (κ1) is 31.8. The molecular weight excluding hydrogens is 660 g/mol. The molecule has 1 fully saturated rings. The van der Waals surface area contributed by atoms with E-state index in [1.165, 1.54) is 11.1 Å². The van der Waals surface area contributed by atoms with Gasteiger partial charge in [-0.1, -0.05) is 60.7 Å². The molecule has 0 saturated carbocycles. The highest BCUT2D eigenvalue weighted by Gasteiger charge is 2.32. The number of piperazine rings is 1. The molecule has 44 heavy (non-hydrogen) atoms. The quantitative estimate of drug-likeness (QED) is 0.206. The van der Waals surface area contributed by atoms with Crippen LogP contribution < -0.4 is 15.4 Å². The topological polar surface area (TPSA) is 91.0 Å². The maximum Gasteiger partial charge on any atom is 0.257 e. The van der Waals surface area contributed by atoms with Crippen molar-refractivity contribution in [2.45, 2.75) is 17.9 Å². The first-order chi connectivity index (χ1) is 21.3. The summed E-state index contributed by atoms with van der Waals surface area (Å²) in [6, 6.07) is 32.1. The summed E-state index contributed by atoms with van der Waals surface area (Å²) in [7, 11) is -3.69. The number of carbonyl (C=O) groups excluding carboxylic acids is 1. The molecule has 4 aromatic carbocycles. The largest absolute Gasteiger partial charge is 0.493 e. The van der Waals surface area contributed by atoms with E-state index in [1.54, 1.807) is 46.8 Å². The first-order valence-corrected chi connectivity index (χ1v) is 16.9. The number of halogens is 1. The average molecular weight is 694 g/mol. The molecule has 1 aliphatic heterocycles. The number of sulfonamides is 1. The minimum absolute atomic E-state index is 0.0490. The van der Waals surface area contributed by atoms with Gasteiger partial charge in [-0.15, -0.1) is 0 Å². The molecule has 1 aliphatic rings. The van der Waals surface area contributed by atoms with Gasteiger partial charge in [0.15, 0.2) is 5.11 Å². The highest BCUT2D eigenvalue weighted by atomic mass is 79.9. The van der Waals surface area contributed by atoms with Gasteiger partial charge >= 0.3 is 0 Å². The Hall–Kier alpha value is -3.61. The van der Waals surface area contributed by atoms with Gasteiger partial charge in [-0.25, -0.2) is 8.42 Å². The van der Waals surface area contributed by atoms with Crippen LogP contribution in [0.4, 0.5) is 5.69 Å². The summed E-state index contributed by atoms with van der Waals surface area (Å²) >= 11 is 8.72.